The lowest BCUT2D eigenvalue weighted by Crippen LogP contribution is -2.50. The monoisotopic (exact) mass is 577 g/mol. The Morgan fingerprint density at radius 1 is 0.854 bits per heavy atom. The van der Waals surface area contributed by atoms with Crippen molar-refractivity contribution in [1.82, 2.24) is 10.2 Å². The van der Waals surface area contributed by atoms with Gasteiger partial charge in [-0.2, -0.15) is 0 Å². The van der Waals surface area contributed by atoms with E-state index in [4.69, 9.17) is 0 Å². The van der Waals surface area contributed by atoms with Crippen molar-refractivity contribution in [1.29, 1.82) is 0 Å². The van der Waals surface area contributed by atoms with Crippen LogP contribution in [0.2, 0.25) is 0 Å². The van der Waals surface area contributed by atoms with Gasteiger partial charge in [0.2, 0.25) is 21.8 Å². The molecule has 0 saturated heterocycles. The van der Waals surface area contributed by atoms with Crippen LogP contribution in [0.15, 0.2) is 78.9 Å². The van der Waals surface area contributed by atoms with Crippen molar-refractivity contribution in [3.8, 4) is 0 Å². The average molecular weight is 578 g/mol. The molecule has 0 aliphatic carbocycles. The highest BCUT2D eigenvalue weighted by Crippen LogP contribution is 2.21. The molecule has 1 atom stereocenters. The predicted octanol–water partition coefficient (Wildman–Crippen LogP) is 5.27. The number of nitrogens with one attached hydrogen (secondary N) is 1. The lowest BCUT2D eigenvalue weighted by atomic mass is 10.0. The molecule has 7 nitrogen and oxygen atoms in total. The summed E-state index contributed by atoms with van der Waals surface area (Å²) >= 11 is 0. The van der Waals surface area contributed by atoms with Crippen molar-refractivity contribution in [2.75, 3.05) is 23.7 Å². The number of rotatable bonds is 15. The summed E-state index contributed by atoms with van der Waals surface area (Å²) in [6.45, 7) is 7.02. The van der Waals surface area contributed by atoms with Crippen LogP contribution in [0.5, 0.6) is 0 Å². The van der Waals surface area contributed by atoms with E-state index in [1.54, 1.807) is 17.0 Å². The third-order valence-corrected chi connectivity index (χ3v) is 8.27. The third-order valence-electron chi connectivity index (χ3n) is 7.08. The highest BCUT2D eigenvalue weighted by Gasteiger charge is 2.30. The molecule has 8 heteroatoms. The SMILES string of the molecule is CCCNC(=O)C(Cc1ccccc1)N(Cc1ccc(C)cc1)C(=O)CCCN(c1ccc(CC)cc1)S(C)(=O)=O. The zero-order valence-electron chi connectivity index (χ0n) is 24.7. The van der Waals surface area contributed by atoms with Crippen LogP contribution in [0, 0.1) is 6.92 Å². The van der Waals surface area contributed by atoms with Crippen LogP contribution in [0.1, 0.15) is 55.4 Å². The van der Waals surface area contributed by atoms with E-state index in [2.05, 4.69) is 5.32 Å². The fraction of sp³-hybridized carbons (Fsp3) is 0.394. The van der Waals surface area contributed by atoms with Crippen LogP contribution < -0.4 is 9.62 Å². The van der Waals surface area contributed by atoms with E-state index in [1.807, 2.05) is 87.5 Å². The lowest BCUT2D eigenvalue weighted by Gasteiger charge is -2.32. The minimum absolute atomic E-state index is 0.108. The van der Waals surface area contributed by atoms with Crippen LogP contribution in [0.25, 0.3) is 0 Å². The van der Waals surface area contributed by atoms with Crippen molar-refractivity contribution in [2.24, 2.45) is 0 Å². The minimum atomic E-state index is -3.54. The molecular weight excluding hydrogens is 534 g/mol. The number of benzene rings is 3. The molecule has 3 rings (SSSR count). The van der Waals surface area contributed by atoms with Crippen LogP contribution in [0.4, 0.5) is 5.69 Å². The molecule has 0 radical (unpaired) electrons. The van der Waals surface area contributed by atoms with Gasteiger partial charge in [-0.1, -0.05) is 86.1 Å². The average Bonchev–Trinajstić information content (AvgIpc) is 2.96. The largest absolute Gasteiger partial charge is 0.354 e. The molecule has 0 saturated carbocycles. The fourth-order valence-electron chi connectivity index (χ4n) is 4.71. The summed E-state index contributed by atoms with van der Waals surface area (Å²) in [6.07, 6.45) is 3.64. The first-order chi connectivity index (χ1) is 19.6. The summed E-state index contributed by atoms with van der Waals surface area (Å²) in [6, 6.07) is 24.4. The van der Waals surface area contributed by atoms with Crippen molar-refractivity contribution in [3.05, 3.63) is 101 Å². The van der Waals surface area contributed by atoms with Gasteiger partial charge in [0, 0.05) is 32.5 Å². The minimum Gasteiger partial charge on any atom is -0.354 e. The molecule has 0 heterocycles. The molecular formula is C33H43N3O4S. The van der Waals surface area contributed by atoms with Gasteiger partial charge in [0.25, 0.3) is 0 Å². The number of nitrogens with zero attached hydrogens (tertiary/aromatic N) is 2. The van der Waals surface area contributed by atoms with E-state index in [1.165, 1.54) is 10.6 Å². The Kier molecular flexibility index (Phi) is 12.0. The number of hydrogen-bond acceptors (Lipinski definition) is 4. The number of sulfonamides is 1. The van der Waals surface area contributed by atoms with Crippen LogP contribution in [-0.4, -0.2) is 50.5 Å². The zero-order chi connectivity index (χ0) is 29.8. The first-order valence-corrected chi connectivity index (χ1v) is 16.2. The summed E-state index contributed by atoms with van der Waals surface area (Å²) in [5.74, 6) is -0.377. The number of carbonyl (C=O) groups excluding carboxylic acids is 2. The van der Waals surface area contributed by atoms with Gasteiger partial charge in [0.1, 0.15) is 6.04 Å². The van der Waals surface area contributed by atoms with Crippen molar-refractivity contribution in [2.45, 2.75) is 65.5 Å². The lowest BCUT2D eigenvalue weighted by molar-refractivity contribution is -0.141. The quantitative estimate of drug-likeness (QED) is 0.267. The highest BCUT2D eigenvalue weighted by molar-refractivity contribution is 7.92. The molecule has 1 unspecified atom stereocenters. The standard InChI is InChI=1S/C33H43N3O4S/c1-5-22-34-33(38)31(24-28-11-8-7-9-12-28)35(25-29-16-14-26(3)15-17-29)32(37)13-10-23-36(41(4,39)40)30-20-18-27(6-2)19-21-30/h7-9,11-12,14-21,31H,5-6,10,13,22-25H2,1-4H3,(H,34,38). The van der Waals surface area contributed by atoms with E-state index in [0.29, 0.717) is 25.1 Å². The van der Waals surface area contributed by atoms with Crippen LogP contribution in [0.3, 0.4) is 0 Å². The third kappa shape index (κ3) is 9.74. The van der Waals surface area contributed by atoms with E-state index < -0.39 is 16.1 Å². The Labute approximate surface area is 245 Å². The van der Waals surface area contributed by atoms with Crippen molar-refractivity contribution < 1.29 is 18.0 Å². The number of amides is 2. The van der Waals surface area contributed by atoms with Crippen molar-refractivity contribution in [3.63, 3.8) is 0 Å². The number of anilines is 1. The maximum Gasteiger partial charge on any atom is 0.243 e. The molecule has 220 valence electrons. The molecule has 0 aromatic heterocycles. The van der Waals surface area contributed by atoms with E-state index in [0.717, 1.165) is 35.1 Å². The van der Waals surface area contributed by atoms with Gasteiger partial charge in [0.05, 0.1) is 11.9 Å². The van der Waals surface area contributed by atoms with E-state index >= 15 is 0 Å². The van der Waals surface area contributed by atoms with Gasteiger partial charge in [0.15, 0.2) is 0 Å². The molecule has 41 heavy (non-hydrogen) atoms. The van der Waals surface area contributed by atoms with E-state index in [9.17, 15) is 18.0 Å². The zero-order valence-corrected chi connectivity index (χ0v) is 25.5. The summed E-state index contributed by atoms with van der Waals surface area (Å²) in [7, 11) is -3.54. The molecule has 3 aromatic carbocycles. The molecule has 0 aliphatic rings. The van der Waals surface area contributed by atoms with Gasteiger partial charge >= 0.3 is 0 Å². The molecule has 0 fully saturated rings. The summed E-state index contributed by atoms with van der Waals surface area (Å²) < 4.78 is 26.6. The van der Waals surface area contributed by atoms with Crippen LogP contribution in [-0.2, 0) is 39.0 Å². The Bertz CT molecular complexity index is 1360. The van der Waals surface area contributed by atoms with Gasteiger partial charge in [-0.05, 0) is 55.0 Å². The van der Waals surface area contributed by atoms with Gasteiger partial charge in [-0.25, -0.2) is 8.42 Å². The number of aryl methyl sites for hydroxylation is 2. The second kappa shape index (κ2) is 15.4. The Morgan fingerprint density at radius 2 is 1.49 bits per heavy atom. The predicted molar refractivity (Wildman–Crippen MR) is 166 cm³/mol. The molecule has 2 amide bonds. The smallest absolute Gasteiger partial charge is 0.243 e. The molecule has 3 aromatic rings. The Hall–Kier alpha value is -3.65. The second-order valence-electron chi connectivity index (χ2n) is 10.5. The topological polar surface area (TPSA) is 86.8 Å². The summed E-state index contributed by atoms with van der Waals surface area (Å²) in [5, 5.41) is 2.99. The second-order valence-corrected chi connectivity index (χ2v) is 12.4. The van der Waals surface area contributed by atoms with Crippen LogP contribution >= 0.6 is 0 Å². The van der Waals surface area contributed by atoms with Crippen molar-refractivity contribution >= 4 is 27.5 Å². The maximum atomic E-state index is 13.9. The first-order valence-electron chi connectivity index (χ1n) is 14.4. The van der Waals surface area contributed by atoms with E-state index in [-0.39, 0.29) is 31.3 Å². The Morgan fingerprint density at radius 3 is 2.07 bits per heavy atom. The van der Waals surface area contributed by atoms with Gasteiger partial charge in [-0.15, -0.1) is 0 Å². The molecule has 0 aliphatic heterocycles. The normalized spacial score (nSPS) is 12.0. The maximum absolute atomic E-state index is 13.9. The molecule has 1 N–H and O–H groups in total. The summed E-state index contributed by atoms with van der Waals surface area (Å²) in [4.78, 5) is 29.0. The van der Waals surface area contributed by atoms with Gasteiger partial charge < -0.3 is 10.2 Å². The number of carbonyl (C=O) groups is 2. The van der Waals surface area contributed by atoms with Gasteiger partial charge in [-0.3, -0.25) is 13.9 Å². The first kappa shape index (κ1) is 31.9. The summed E-state index contributed by atoms with van der Waals surface area (Å²) in [5.41, 5.74) is 4.70. The highest BCUT2D eigenvalue weighted by atomic mass is 32.2. The molecule has 0 spiro atoms. The Balaban J connectivity index is 1.85. The number of hydrogen-bond donors (Lipinski definition) is 1. The molecule has 0 bridgehead atoms. The fourth-order valence-corrected chi connectivity index (χ4v) is 5.68.